The van der Waals surface area contributed by atoms with E-state index in [-0.39, 0.29) is 16.9 Å². The molecule has 6 heteroatoms. The Kier molecular flexibility index (Phi) is 7.41. The highest BCUT2D eigenvalue weighted by Crippen LogP contribution is 2.15. The first-order valence-electron chi connectivity index (χ1n) is 8.34. The molecule has 0 saturated heterocycles. The zero-order chi connectivity index (χ0) is 18.9. The molecule has 0 heterocycles. The Hall–Kier alpha value is -2.60. The fourth-order valence-electron chi connectivity index (χ4n) is 2.46. The molecule has 1 unspecified atom stereocenters. The molecule has 0 aliphatic rings. The largest absolute Gasteiger partial charge is 0.480 e. The van der Waals surface area contributed by atoms with E-state index in [4.69, 9.17) is 0 Å². The Bertz CT molecular complexity index is 776. The van der Waals surface area contributed by atoms with Gasteiger partial charge in [0.2, 0.25) is 0 Å². The van der Waals surface area contributed by atoms with Crippen LogP contribution in [-0.4, -0.2) is 40.3 Å². The maximum atomic E-state index is 12.7. The van der Waals surface area contributed by atoms with Crippen LogP contribution >= 0.6 is 11.8 Å². The van der Waals surface area contributed by atoms with Gasteiger partial charge in [-0.15, -0.1) is 0 Å². The second-order valence-electron chi connectivity index (χ2n) is 5.59. The van der Waals surface area contributed by atoms with E-state index in [1.807, 2.05) is 6.92 Å². The molecule has 0 aliphatic carbocycles. The standard InChI is InChI=1S/C20H21NO4S/c1-2-26-13-12-17(20(24)25)21-19(23)16-11-7-6-10-15(16)18(22)14-8-4-3-5-9-14/h3-11,17H,2,12-13H2,1H3,(H,21,23)(H,24,25). The van der Waals surface area contributed by atoms with Gasteiger partial charge in [-0.25, -0.2) is 4.79 Å². The normalized spacial score (nSPS) is 11.6. The number of ketones is 1. The SMILES string of the molecule is CCSCCC(NC(=O)c1ccccc1C(=O)c1ccccc1)C(=O)O. The van der Waals surface area contributed by atoms with Crippen LogP contribution in [-0.2, 0) is 4.79 Å². The molecule has 0 saturated carbocycles. The summed E-state index contributed by atoms with van der Waals surface area (Å²) in [5, 5.41) is 11.9. The summed E-state index contributed by atoms with van der Waals surface area (Å²) in [4.78, 5) is 36.7. The van der Waals surface area contributed by atoms with Gasteiger partial charge in [0.25, 0.3) is 5.91 Å². The summed E-state index contributed by atoms with van der Waals surface area (Å²) in [6, 6.07) is 14.1. The topological polar surface area (TPSA) is 83.5 Å². The van der Waals surface area contributed by atoms with Gasteiger partial charge in [0, 0.05) is 11.1 Å². The van der Waals surface area contributed by atoms with Crippen molar-refractivity contribution in [3.05, 3.63) is 71.3 Å². The van der Waals surface area contributed by atoms with Crippen molar-refractivity contribution in [2.24, 2.45) is 0 Å². The van der Waals surface area contributed by atoms with E-state index in [1.54, 1.807) is 60.3 Å². The zero-order valence-electron chi connectivity index (χ0n) is 14.5. The molecule has 2 N–H and O–H groups in total. The Labute approximate surface area is 156 Å². The molecule has 1 amide bonds. The molecule has 0 bridgehead atoms. The van der Waals surface area contributed by atoms with Crippen molar-refractivity contribution in [2.75, 3.05) is 11.5 Å². The lowest BCUT2D eigenvalue weighted by atomic mass is 9.97. The van der Waals surface area contributed by atoms with E-state index in [9.17, 15) is 19.5 Å². The fraction of sp³-hybridized carbons (Fsp3) is 0.250. The minimum atomic E-state index is -1.08. The highest BCUT2D eigenvalue weighted by molar-refractivity contribution is 7.99. The van der Waals surface area contributed by atoms with Gasteiger partial charge in [-0.3, -0.25) is 9.59 Å². The number of carbonyl (C=O) groups excluding carboxylic acids is 2. The molecule has 0 fully saturated rings. The van der Waals surface area contributed by atoms with E-state index in [0.29, 0.717) is 17.7 Å². The lowest BCUT2D eigenvalue weighted by Crippen LogP contribution is -2.41. The molecule has 0 spiro atoms. The highest BCUT2D eigenvalue weighted by atomic mass is 32.2. The number of rotatable bonds is 9. The summed E-state index contributed by atoms with van der Waals surface area (Å²) < 4.78 is 0. The van der Waals surface area contributed by atoms with Crippen LogP contribution in [0.1, 0.15) is 39.6 Å². The minimum Gasteiger partial charge on any atom is -0.480 e. The van der Waals surface area contributed by atoms with Crippen molar-refractivity contribution in [1.82, 2.24) is 5.32 Å². The van der Waals surface area contributed by atoms with E-state index in [0.717, 1.165) is 5.75 Å². The average Bonchev–Trinajstić information content (AvgIpc) is 2.67. The first-order valence-corrected chi connectivity index (χ1v) is 9.50. The van der Waals surface area contributed by atoms with Crippen molar-refractivity contribution >= 4 is 29.4 Å². The monoisotopic (exact) mass is 371 g/mol. The predicted molar refractivity (Wildman–Crippen MR) is 103 cm³/mol. The molecule has 0 aliphatic heterocycles. The second kappa shape index (κ2) is 9.77. The van der Waals surface area contributed by atoms with Crippen molar-refractivity contribution in [1.29, 1.82) is 0 Å². The number of benzene rings is 2. The Morgan fingerprint density at radius 2 is 1.62 bits per heavy atom. The van der Waals surface area contributed by atoms with Crippen molar-refractivity contribution in [3.8, 4) is 0 Å². The number of aliphatic carboxylic acids is 1. The summed E-state index contributed by atoms with van der Waals surface area (Å²) in [6.07, 6.45) is 0.328. The molecule has 0 aromatic heterocycles. The van der Waals surface area contributed by atoms with Crippen molar-refractivity contribution in [2.45, 2.75) is 19.4 Å². The summed E-state index contributed by atoms with van der Waals surface area (Å²) in [6.45, 7) is 1.99. The van der Waals surface area contributed by atoms with Gasteiger partial charge in [0.15, 0.2) is 5.78 Å². The van der Waals surface area contributed by atoms with Crippen LogP contribution < -0.4 is 5.32 Å². The Morgan fingerprint density at radius 3 is 2.23 bits per heavy atom. The minimum absolute atomic E-state index is 0.177. The number of amides is 1. The molecule has 5 nitrogen and oxygen atoms in total. The van der Waals surface area contributed by atoms with Crippen LogP contribution in [0.4, 0.5) is 0 Å². The number of carboxylic acids is 1. The molecule has 136 valence electrons. The Morgan fingerprint density at radius 1 is 1.00 bits per heavy atom. The summed E-state index contributed by atoms with van der Waals surface area (Å²) in [5.74, 6) is -0.391. The van der Waals surface area contributed by atoms with E-state index in [2.05, 4.69) is 5.32 Å². The fourth-order valence-corrected chi connectivity index (χ4v) is 3.15. The van der Waals surface area contributed by atoms with E-state index >= 15 is 0 Å². The van der Waals surface area contributed by atoms with Gasteiger partial charge >= 0.3 is 5.97 Å². The van der Waals surface area contributed by atoms with E-state index in [1.165, 1.54) is 6.07 Å². The van der Waals surface area contributed by atoms with Crippen LogP contribution in [0.3, 0.4) is 0 Å². The van der Waals surface area contributed by atoms with Crippen molar-refractivity contribution in [3.63, 3.8) is 0 Å². The Balaban J connectivity index is 2.21. The number of nitrogens with one attached hydrogen (secondary N) is 1. The first-order chi connectivity index (χ1) is 12.5. The maximum absolute atomic E-state index is 12.7. The molecule has 26 heavy (non-hydrogen) atoms. The van der Waals surface area contributed by atoms with Gasteiger partial charge in [0.1, 0.15) is 6.04 Å². The molecule has 2 aromatic rings. The van der Waals surface area contributed by atoms with Crippen LogP contribution in [0.2, 0.25) is 0 Å². The molecule has 0 radical (unpaired) electrons. The van der Waals surface area contributed by atoms with Crippen LogP contribution in [0, 0.1) is 0 Å². The zero-order valence-corrected chi connectivity index (χ0v) is 15.3. The van der Waals surface area contributed by atoms with Gasteiger partial charge in [-0.1, -0.05) is 55.5 Å². The summed E-state index contributed by atoms with van der Waals surface area (Å²) >= 11 is 1.61. The molecular formula is C20H21NO4S. The third kappa shape index (κ3) is 5.20. The number of carboxylic acid groups (broad SMARTS) is 1. The third-order valence-electron chi connectivity index (χ3n) is 3.81. The van der Waals surface area contributed by atoms with Crippen LogP contribution in [0.5, 0.6) is 0 Å². The first kappa shape index (κ1) is 19.7. The van der Waals surface area contributed by atoms with Crippen LogP contribution in [0.25, 0.3) is 0 Å². The summed E-state index contributed by atoms with van der Waals surface area (Å²) in [7, 11) is 0. The van der Waals surface area contributed by atoms with Gasteiger partial charge in [-0.2, -0.15) is 11.8 Å². The number of carbonyl (C=O) groups is 3. The van der Waals surface area contributed by atoms with Crippen LogP contribution in [0.15, 0.2) is 54.6 Å². The molecule has 2 aromatic carbocycles. The maximum Gasteiger partial charge on any atom is 0.326 e. The molecule has 2 rings (SSSR count). The average molecular weight is 371 g/mol. The molecular weight excluding hydrogens is 350 g/mol. The second-order valence-corrected chi connectivity index (χ2v) is 6.98. The van der Waals surface area contributed by atoms with Gasteiger partial charge in [-0.05, 0) is 24.0 Å². The lowest BCUT2D eigenvalue weighted by molar-refractivity contribution is -0.139. The summed E-state index contributed by atoms with van der Waals surface area (Å²) in [5.41, 5.74) is 0.904. The van der Waals surface area contributed by atoms with Gasteiger partial charge in [0.05, 0.1) is 5.56 Å². The highest BCUT2D eigenvalue weighted by Gasteiger charge is 2.23. The number of hydrogen-bond acceptors (Lipinski definition) is 4. The quantitative estimate of drug-likeness (QED) is 0.522. The number of thioether (sulfide) groups is 1. The third-order valence-corrected chi connectivity index (χ3v) is 4.74. The number of hydrogen-bond donors (Lipinski definition) is 2. The lowest BCUT2D eigenvalue weighted by Gasteiger charge is -2.15. The van der Waals surface area contributed by atoms with E-state index < -0.39 is 17.9 Å². The smallest absolute Gasteiger partial charge is 0.326 e. The predicted octanol–water partition coefficient (Wildman–Crippen LogP) is 3.24. The van der Waals surface area contributed by atoms with Crippen molar-refractivity contribution < 1.29 is 19.5 Å². The van der Waals surface area contributed by atoms with Gasteiger partial charge < -0.3 is 10.4 Å². The molecule has 1 atom stereocenters.